The molecular weight excluding hydrogens is 342 g/mol. The van der Waals surface area contributed by atoms with Gasteiger partial charge in [-0.3, -0.25) is 4.68 Å². The molecule has 1 aromatic heterocycles. The minimum Gasteiger partial charge on any atom is -0.489 e. The number of para-hydroxylation sites is 1. The highest BCUT2D eigenvalue weighted by molar-refractivity contribution is 5.79. The second kappa shape index (κ2) is 9.41. The van der Waals surface area contributed by atoms with Crippen LogP contribution in [0.3, 0.4) is 0 Å². The minimum atomic E-state index is -1.08. The third-order valence-electron chi connectivity index (χ3n) is 4.19. The van der Waals surface area contributed by atoms with Gasteiger partial charge in [0.25, 0.3) is 0 Å². The largest absolute Gasteiger partial charge is 0.489 e. The number of aliphatic imine (C=N–C) groups is 1. The number of aliphatic hydroxyl groups is 1. The van der Waals surface area contributed by atoms with E-state index in [-0.39, 0.29) is 12.6 Å². The zero-order chi connectivity index (χ0) is 19.9. The van der Waals surface area contributed by atoms with Gasteiger partial charge in [0.2, 0.25) is 0 Å². The maximum atomic E-state index is 10.7. The topological polar surface area (TPSA) is 83.7 Å². The van der Waals surface area contributed by atoms with E-state index >= 15 is 0 Å². The summed E-state index contributed by atoms with van der Waals surface area (Å²) in [5, 5.41) is 21.3. The zero-order valence-electron chi connectivity index (χ0n) is 16.9. The molecule has 2 unspecified atom stereocenters. The van der Waals surface area contributed by atoms with Crippen molar-refractivity contribution >= 4 is 5.96 Å². The van der Waals surface area contributed by atoms with E-state index in [4.69, 9.17) is 4.74 Å². The van der Waals surface area contributed by atoms with Gasteiger partial charge in [0.15, 0.2) is 5.96 Å². The van der Waals surface area contributed by atoms with Crippen LogP contribution >= 0.6 is 0 Å². The van der Waals surface area contributed by atoms with Crippen LogP contribution in [-0.2, 0) is 12.6 Å². The van der Waals surface area contributed by atoms with Gasteiger partial charge >= 0.3 is 0 Å². The number of hydrogen-bond acceptors (Lipinski definition) is 4. The summed E-state index contributed by atoms with van der Waals surface area (Å²) in [7, 11) is 1.82. The third-order valence-corrected chi connectivity index (χ3v) is 4.19. The molecule has 0 radical (unpaired) electrons. The van der Waals surface area contributed by atoms with Crippen LogP contribution in [0.25, 0.3) is 0 Å². The van der Waals surface area contributed by atoms with Gasteiger partial charge in [0.1, 0.15) is 17.5 Å². The predicted molar refractivity (Wildman–Crippen MR) is 108 cm³/mol. The molecular formula is C20H31N5O2. The Balaban J connectivity index is 1.94. The standard InChI is InChI=1S/C20H31N5O2/c1-6-21-19(23-14-20(4,26)17-12-24-25(5)13-17)22-11-16(3)27-18-10-8-7-9-15(18)2/h7-10,12-13,16,26H,6,11,14H2,1-5H3,(H2,21,22,23). The summed E-state index contributed by atoms with van der Waals surface area (Å²) in [6, 6.07) is 7.96. The van der Waals surface area contributed by atoms with Crippen molar-refractivity contribution in [3.05, 3.63) is 47.8 Å². The number of aromatic nitrogens is 2. The maximum Gasteiger partial charge on any atom is 0.191 e. The van der Waals surface area contributed by atoms with E-state index in [1.165, 1.54) is 0 Å². The first-order valence-electron chi connectivity index (χ1n) is 9.27. The number of benzene rings is 1. The molecule has 1 heterocycles. The van der Waals surface area contributed by atoms with E-state index in [2.05, 4.69) is 20.7 Å². The van der Waals surface area contributed by atoms with Crippen LogP contribution in [-0.4, -0.2) is 46.6 Å². The molecule has 2 atom stereocenters. The van der Waals surface area contributed by atoms with Crippen LogP contribution in [0.5, 0.6) is 5.75 Å². The lowest BCUT2D eigenvalue weighted by molar-refractivity contribution is 0.0671. The Hall–Kier alpha value is -2.54. The monoisotopic (exact) mass is 373 g/mol. The highest BCUT2D eigenvalue weighted by atomic mass is 16.5. The fraction of sp³-hybridized carbons (Fsp3) is 0.500. The van der Waals surface area contributed by atoms with E-state index in [1.54, 1.807) is 24.0 Å². The quantitative estimate of drug-likeness (QED) is 0.487. The first kappa shape index (κ1) is 20.8. The van der Waals surface area contributed by atoms with Crippen molar-refractivity contribution in [1.82, 2.24) is 20.4 Å². The van der Waals surface area contributed by atoms with Gasteiger partial charge in [-0.1, -0.05) is 18.2 Å². The van der Waals surface area contributed by atoms with E-state index in [0.29, 0.717) is 12.5 Å². The van der Waals surface area contributed by atoms with Crippen molar-refractivity contribution in [3.8, 4) is 5.75 Å². The van der Waals surface area contributed by atoms with E-state index in [0.717, 1.165) is 23.4 Å². The number of hydrogen-bond donors (Lipinski definition) is 3. The first-order valence-corrected chi connectivity index (χ1v) is 9.27. The Morgan fingerprint density at radius 1 is 1.37 bits per heavy atom. The Kier molecular flexibility index (Phi) is 7.24. The van der Waals surface area contributed by atoms with E-state index < -0.39 is 5.60 Å². The minimum absolute atomic E-state index is 0.0335. The van der Waals surface area contributed by atoms with Gasteiger partial charge < -0.3 is 20.5 Å². The van der Waals surface area contributed by atoms with Crippen LogP contribution in [0.2, 0.25) is 0 Å². The van der Waals surface area contributed by atoms with Crippen molar-refractivity contribution < 1.29 is 9.84 Å². The number of aryl methyl sites for hydroxylation is 2. The van der Waals surface area contributed by atoms with Gasteiger partial charge in [-0.15, -0.1) is 0 Å². The molecule has 0 fully saturated rings. The molecule has 0 saturated heterocycles. The second-order valence-corrected chi connectivity index (χ2v) is 6.95. The summed E-state index contributed by atoms with van der Waals surface area (Å²) in [5.74, 6) is 1.52. The smallest absolute Gasteiger partial charge is 0.191 e. The molecule has 2 rings (SSSR count). The van der Waals surface area contributed by atoms with E-state index in [9.17, 15) is 5.11 Å². The lowest BCUT2D eigenvalue weighted by Crippen LogP contribution is -2.42. The molecule has 0 bridgehead atoms. The third kappa shape index (κ3) is 6.29. The average molecular weight is 374 g/mol. The van der Waals surface area contributed by atoms with Crippen LogP contribution < -0.4 is 15.4 Å². The molecule has 0 spiro atoms. The summed E-state index contributed by atoms with van der Waals surface area (Å²) in [5.41, 5.74) is 0.762. The van der Waals surface area contributed by atoms with Crippen molar-refractivity contribution in [2.45, 2.75) is 39.4 Å². The van der Waals surface area contributed by atoms with Crippen LogP contribution in [0.15, 0.2) is 41.7 Å². The highest BCUT2D eigenvalue weighted by Crippen LogP contribution is 2.20. The lowest BCUT2D eigenvalue weighted by atomic mass is 10.0. The van der Waals surface area contributed by atoms with Crippen molar-refractivity contribution in [3.63, 3.8) is 0 Å². The molecule has 0 amide bonds. The molecule has 7 nitrogen and oxygen atoms in total. The molecule has 0 aliphatic heterocycles. The number of nitrogens with one attached hydrogen (secondary N) is 2. The molecule has 7 heteroatoms. The van der Waals surface area contributed by atoms with Gasteiger partial charge in [0, 0.05) is 25.4 Å². The van der Waals surface area contributed by atoms with Crippen LogP contribution in [0.4, 0.5) is 0 Å². The maximum absolute atomic E-state index is 10.7. The van der Waals surface area contributed by atoms with Crippen LogP contribution in [0, 0.1) is 6.92 Å². The lowest BCUT2D eigenvalue weighted by Gasteiger charge is -2.22. The highest BCUT2D eigenvalue weighted by Gasteiger charge is 2.24. The summed E-state index contributed by atoms with van der Waals surface area (Å²) in [4.78, 5) is 4.52. The SMILES string of the molecule is CCNC(=NCC(C)(O)c1cnn(C)c1)NCC(C)Oc1ccccc1C. The second-order valence-electron chi connectivity index (χ2n) is 6.95. The number of ether oxygens (including phenoxy) is 1. The number of guanidine groups is 1. The summed E-state index contributed by atoms with van der Waals surface area (Å²) < 4.78 is 7.65. The Morgan fingerprint density at radius 3 is 2.74 bits per heavy atom. The fourth-order valence-corrected chi connectivity index (χ4v) is 2.55. The fourth-order valence-electron chi connectivity index (χ4n) is 2.55. The molecule has 148 valence electrons. The summed E-state index contributed by atoms with van der Waals surface area (Å²) in [6.45, 7) is 9.32. The first-order chi connectivity index (χ1) is 12.8. The van der Waals surface area contributed by atoms with Crippen LogP contribution in [0.1, 0.15) is 31.9 Å². The Labute approximate surface area is 161 Å². The van der Waals surface area contributed by atoms with Crippen molar-refractivity contribution in [2.75, 3.05) is 19.6 Å². The Morgan fingerprint density at radius 2 is 2.11 bits per heavy atom. The predicted octanol–water partition coefficient (Wildman–Crippen LogP) is 1.96. The van der Waals surface area contributed by atoms with Gasteiger partial charge in [-0.2, -0.15) is 5.10 Å². The van der Waals surface area contributed by atoms with Gasteiger partial charge in [-0.25, -0.2) is 4.99 Å². The normalized spacial score (nSPS) is 15.1. The van der Waals surface area contributed by atoms with Gasteiger partial charge in [0.05, 0.1) is 19.3 Å². The molecule has 0 aliphatic rings. The zero-order valence-corrected chi connectivity index (χ0v) is 16.9. The average Bonchev–Trinajstić information content (AvgIpc) is 3.07. The summed E-state index contributed by atoms with van der Waals surface area (Å²) >= 11 is 0. The Bertz CT molecular complexity index is 754. The molecule has 0 saturated carbocycles. The van der Waals surface area contributed by atoms with Crippen molar-refractivity contribution in [1.29, 1.82) is 0 Å². The summed E-state index contributed by atoms with van der Waals surface area (Å²) in [6.07, 6.45) is 3.43. The molecule has 3 N–H and O–H groups in total. The number of rotatable bonds is 8. The molecule has 0 aliphatic carbocycles. The van der Waals surface area contributed by atoms with Crippen molar-refractivity contribution in [2.24, 2.45) is 12.0 Å². The number of nitrogens with zero attached hydrogens (tertiary/aromatic N) is 3. The van der Waals surface area contributed by atoms with Gasteiger partial charge in [-0.05, 0) is 39.3 Å². The molecule has 1 aromatic carbocycles. The molecule has 2 aromatic rings. The van der Waals surface area contributed by atoms with E-state index in [1.807, 2.05) is 52.1 Å². The molecule has 27 heavy (non-hydrogen) atoms.